The van der Waals surface area contributed by atoms with Crippen molar-refractivity contribution in [2.45, 2.75) is 70.1 Å². The van der Waals surface area contributed by atoms with Gasteiger partial charge in [-0.25, -0.2) is 9.78 Å². The molecule has 0 bridgehead atoms. The number of hydrogen-bond acceptors (Lipinski definition) is 7. The first-order valence-electron chi connectivity index (χ1n) is 8.03. The Morgan fingerprint density at radius 2 is 2.00 bits per heavy atom. The predicted octanol–water partition coefficient (Wildman–Crippen LogP) is 1.78. The zero-order chi connectivity index (χ0) is 17.0. The van der Waals surface area contributed by atoms with Crippen molar-refractivity contribution in [1.82, 2.24) is 0 Å². The molecule has 2 saturated heterocycles. The highest BCUT2D eigenvalue weighted by molar-refractivity contribution is 5.83. The fourth-order valence-electron chi connectivity index (χ4n) is 3.04. The average molecular weight is 330 g/mol. The first-order valence-corrected chi connectivity index (χ1v) is 8.03. The average Bonchev–Trinajstić information content (AvgIpc) is 3.29. The van der Waals surface area contributed by atoms with E-state index in [1.807, 2.05) is 6.92 Å². The Morgan fingerprint density at radius 3 is 2.52 bits per heavy atom. The van der Waals surface area contributed by atoms with Crippen LogP contribution in [0.3, 0.4) is 0 Å². The van der Waals surface area contributed by atoms with E-state index in [1.165, 1.54) is 7.11 Å². The smallest absolute Gasteiger partial charge is 0.308 e. The summed E-state index contributed by atoms with van der Waals surface area (Å²) in [5, 5.41) is 0. The number of epoxide rings is 1. The highest BCUT2D eigenvalue weighted by atomic mass is 17.2. The van der Waals surface area contributed by atoms with Crippen LogP contribution in [0.25, 0.3) is 0 Å². The van der Waals surface area contributed by atoms with Gasteiger partial charge in [-0.3, -0.25) is 9.59 Å². The molecule has 23 heavy (non-hydrogen) atoms. The quantitative estimate of drug-likeness (QED) is 0.381. The van der Waals surface area contributed by atoms with Crippen molar-refractivity contribution < 1.29 is 33.6 Å². The maximum absolute atomic E-state index is 11.4. The van der Waals surface area contributed by atoms with E-state index in [-0.39, 0.29) is 42.4 Å². The highest BCUT2D eigenvalue weighted by Crippen LogP contribution is 2.38. The van der Waals surface area contributed by atoms with Crippen molar-refractivity contribution in [2.75, 3.05) is 14.2 Å². The lowest BCUT2D eigenvalue weighted by Crippen LogP contribution is -2.46. The van der Waals surface area contributed by atoms with Crippen LogP contribution in [0.4, 0.5) is 0 Å². The van der Waals surface area contributed by atoms with Crippen LogP contribution in [0.1, 0.15) is 46.0 Å². The van der Waals surface area contributed by atoms with E-state index in [4.69, 9.17) is 19.2 Å². The van der Waals surface area contributed by atoms with Crippen molar-refractivity contribution in [3.63, 3.8) is 0 Å². The molecule has 0 radical (unpaired) electrons. The summed E-state index contributed by atoms with van der Waals surface area (Å²) in [4.78, 5) is 33.4. The summed E-state index contributed by atoms with van der Waals surface area (Å²) >= 11 is 0. The Morgan fingerprint density at radius 1 is 1.26 bits per heavy atom. The first-order chi connectivity index (χ1) is 10.9. The van der Waals surface area contributed by atoms with E-state index in [0.29, 0.717) is 12.8 Å². The van der Waals surface area contributed by atoms with Crippen molar-refractivity contribution in [2.24, 2.45) is 5.92 Å². The summed E-state index contributed by atoms with van der Waals surface area (Å²) < 4.78 is 15.5. The highest BCUT2D eigenvalue weighted by Gasteiger charge is 2.45. The number of esters is 1. The second-order valence-electron chi connectivity index (χ2n) is 6.39. The third-order valence-corrected chi connectivity index (χ3v) is 4.59. The molecule has 2 heterocycles. The Kier molecular flexibility index (Phi) is 6.13. The third-order valence-electron chi connectivity index (χ3n) is 4.59. The SMILES string of the molecule is COC(=O)CC1OOC(CCCC2OC2C(C)=O)(OC)CC1C. The minimum absolute atomic E-state index is 0.0235. The fourth-order valence-corrected chi connectivity index (χ4v) is 3.04. The molecule has 0 aromatic carbocycles. The molecule has 2 fully saturated rings. The molecule has 7 nitrogen and oxygen atoms in total. The molecule has 0 aromatic rings. The molecule has 0 aromatic heterocycles. The van der Waals surface area contributed by atoms with Crippen LogP contribution in [0.15, 0.2) is 0 Å². The van der Waals surface area contributed by atoms with Gasteiger partial charge in [-0.05, 0) is 25.7 Å². The van der Waals surface area contributed by atoms with E-state index < -0.39 is 5.79 Å². The number of hydrogen-bond donors (Lipinski definition) is 0. The summed E-state index contributed by atoms with van der Waals surface area (Å²) in [6, 6.07) is 0. The van der Waals surface area contributed by atoms with E-state index in [9.17, 15) is 9.59 Å². The maximum atomic E-state index is 11.4. The topological polar surface area (TPSA) is 83.6 Å². The van der Waals surface area contributed by atoms with E-state index in [1.54, 1.807) is 14.0 Å². The second kappa shape index (κ2) is 7.70. The zero-order valence-corrected chi connectivity index (χ0v) is 14.2. The number of methoxy groups -OCH3 is 2. The molecule has 0 amide bonds. The molecular weight excluding hydrogens is 304 g/mol. The largest absolute Gasteiger partial charge is 0.469 e. The minimum atomic E-state index is -0.813. The lowest BCUT2D eigenvalue weighted by Gasteiger charge is -2.40. The Hall–Kier alpha value is -1.02. The molecule has 2 aliphatic heterocycles. The molecule has 5 atom stereocenters. The summed E-state index contributed by atoms with van der Waals surface area (Å²) in [7, 11) is 2.94. The predicted molar refractivity (Wildman–Crippen MR) is 79.3 cm³/mol. The van der Waals surface area contributed by atoms with E-state index >= 15 is 0 Å². The Balaban J connectivity index is 1.78. The van der Waals surface area contributed by atoms with Crippen molar-refractivity contribution in [1.29, 1.82) is 0 Å². The van der Waals surface area contributed by atoms with Crippen LogP contribution in [0.5, 0.6) is 0 Å². The standard InChI is InChI=1S/C16H26O7/c1-10-9-16(20-4,23-22-13(10)8-14(18)19-3)7-5-6-12-15(21-12)11(2)17/h10,12-13,15H,5-9H2,1-4H3. The molecular formula is C16H26O7. The molecule has 0 N–H and O–H groups in total. The van der Waals surface area contributed by atoms with Gasteiger partial charge >= 0.3 is 5.97 Å². The van der Waals surface area contributed by atoms with Gasteiger partial charge in [-0.15, -0.1) is 0 Å². The lowest BCUT2D eigenvalue weighted by atomic mass is 9.89. The lowest BCUT2D eigenvalue weighted by molar-refractivity contribution is -0.475. The Labute approximate surface area is 136 Å². The normalized spacial score (nSPS) is 36.5. The zero-order valence-electron chi connectivity index (χ0n) is 14.2. The molecule has 2 aliphatic rings. The summed E-state index contributed by atoms with van der Waals surface area (Å²) in [6.45, 7) is 3.54. The number of carbonyl (C=O) groups is 2. The van der Waals surface area contributed by atoms with Gasteiger partial charge in [0.15, 0.2) is 5.78 Å². The number of ketones is 1. The molecule has 5 unspecified atom stereocenters. The van der Waals surface area contributed by atoms with Gasteiger partial charge in [-0.1, -0.05) is 6.92 Å². The molecule has 0 spiro atoms. The van der Waals surface area contributed by atoms with Crippen LogP contribution in [0.2, 0.25) is 0 Å². The molecule has 132 valence electrons. The van der Waals surface area contributed by atoms with Gasteiger partial charge in [0, 0.05) is 20.0 Å². The first kappa shape index (κ1) is 18.3. The summed E-state index contributed by atoms with van der Waals surface area (Å²) in [5.74, 6) is -0.957. The molecule has 0 saturated carbocycles. The summed E-state index contributed by atoms with van der Waals surface area (Å²) in [5.41, 5.74) is 0. The van der Waals surface area contributed by atoms with Crippen molar-refractivity contribution in [3.05, 3.63) is 0 Å². The van der Waals surface area contributed by atoms with Gasteiger partial charge in [-0.2, -0.15) is 0 Å². The number of Topliss-reactive ketones (excluding diaryl/α,β-unsaturated/α-hetero) is 1. The van der Waals surface area contributed by atoms with Crippen LogP contribution in [-0.4, -0.2) is 50.1 Å². The van der Waals surface area contributed by atoms with Gasteiger partial charge in [0.2, 0.25) is 5.79 Å². The molecule has 7 heteroatoms. The van der Waals surface area contributed by atoms with Crippen molar-refractivity contribution in [3.8, 4) is 0 Å². The number of carbonyl (C=O) groups excluding carboxylic acids is 2. The van der Waals surface area contributed by atoms with Crippen LogP contribution >= 0.6 is 0 Å². The third kappa shape index (κ3) is 4.73. The van der Waals surface area contributed by atoms with Crippen LogP contribution < -0.4 is 0 Å². The van der Waals surface area contributed by atoms with Crippen LogP contribution in [-0.2, 0) is 33.6 Å². The number of rotatable bonds is 8. The fraction of sp³-hybridized carbons (Fsp3) is 0.875. The monoisotopic (exact) mass is 330 g/mol. The molecule has 0 aliphatic carbocycles. The molecule has 2 rings (SSSR count). The van der Waals surface area contributed by atoms with Gasteiger partial charge in [0.1, 0.15) is 12.2 Å². The maximum Gasteiger partial charge on any atom is 0.308 e. The minimum Gasteiger partial charge on any atom is -0.469 e. The van der Waals surface area contributed by atoms with Gasteiger partial charge < -0.3 is 14.2 Å². The van der Waals surface area contributed by atoms with Gasteiger partial charge in [0.25, 0.3) is 0 Å². The van der Waals surface area contributed by atoms with Gasteiger partial charge in [0.05, 0.1) is 19.6 Å². The van der Waals surface area contributed by atoms with Crippen LogP contribution in [0, 0.1) is 5.92 Å². The van der Waals surface area contributed by atoms with E-state index in [2.05, 4.69) is 4.74 Å². The summed E-state index contributed by atoms with van der Waals surface area (Å²) in [6.07, 6.45) is 2.48. The van der Waals surface area contributed by atoms with Crippen molar-refractivity contribution >= 4 is 11.8 Å². The van der Waals surface area contributed by atoms with E-state index in [0.717, 1.165) is 12.8 Å². The Bertz CT molecular complexity index is 438. The second-order valence-corrected chi connectivity index (χ2v) is 6.39. The number of ether oxygens (including phenoxy) is 3.